The Morgan fingerprint density at radius 2 is 1.76 bits per heavy atom. The van der Waals surface area contributed by atoms with Crippen molar-refractivity contribution in [2.24, 2.45) is 5.73 Å². The molecule has 2 aliphatic heterocycles. The highest BCUT2D eigenvalue weighted by atomic mass is 16.5. The molecular formula is C37H54N8O5. The first kappa shape index (κ1) is 35.8. The molecule has 13 nitrogen and oxygen atoms in total. The summed E-state index contributed by atoms with van der Waals surface area (Å²) >= 11 is 0. The first-order chi connectivity index (χ1) is 24.1. The van der Waals surface area contributed by atoms with Crippen molar-refractivity contribution in [3.05, 3.63) is 30.0 Å². The summed E-state index contributed by atoms with van der Waals surface area (Å²) in [6.07, 6.45) is 13.0. The van der Waals surface area contributed by atoms with Gasteiger partial charge in [-0.3, -0.25) is 14.4 Å². The van der Waals surface area contributed by atoms with Gasteiger partial charge in [-0.1, -0.05) is 19.8 Å². The number of hydrogen-bond acceptors (Lipinski definition) is 11. The van der Waals surface area contributed by atoms with Crippen LogP contribution in [0.3, 0.4) is 0 Å². The van der Waals surface area contributed by atoms with Gasteiger partial charge in [-0.2, -0.15) is 4.98 Å². The van der Waals surface area contributed by atoms with Gasteiger partial charge >= 0.3 is 5.97 Å². The second kappa shape index (κ2) is 15.5. The number of fused-ring (bicyclic) bond motifs is 1. The Morgan fingerprint density at radius 3 is 2.44 bits per heavy atom. The van der Waals surface area contributed by atoms with Gasteiger partial charge in [-0.05, 0) is 89.3 Å². The lowest BCUT2D eigenvalue weighted by molar-refractivity contribution is -0.155. The SMILES string of the molecule is CCC1C(=O)N(C)c2cnc(Nc3ccc(C(=O)NC4CCN(CCC(C)(N)C(=O)OC5CCCC5)CC4)cc3OC)nc2N1C1CCCC1. The summed E-state index contributed by atoms with van der Waals surface area (Å²) in [5.74, 6) is 1.27. The van der Waals surface area contributed by atoms with Crippen molar-refractivity contribution in [1.82, 2.24) is 20.2 Å². The first-order valence-corrected chi connectivity index (χ1v) is 18.5. The van der Waals surface area contributed by atoms with Gasteiger partial charge in [0.2, 0.25) is 11.9 Å². The number of hydrogen-bond donors (Lipinski definition) is 3. The minimum atomic E-state index is -1.01. The van der Waals surface area contributed by atoms with Gasteiger partial charge in [-0.15, -0.1) is 0 Å². The molecule has 1 aromatic carbocycles. The molecular weight excluding hydrogens is 636 g/mol. The number of piperidine rings is 1. The highest BCUT2D eigenvalue weighted by Crippen LogP contribution is 2.40. The monoisotopic (exact) mass is 690 g/mol. The quantitative estimate of drug-likeness (QED) is 0.269. The third-order valence-electron chi connectivity index (χ3n) is 11.0. The molecule has 0 spiro atoms. The molecule has 1 saturated heterocycles. The lowest BCUT2D eigenvalue weighted by Gasteiger charge is -2.43. The molecule has 2 atom stereocenters. The Bertz CT molecular complexity index is 1530. The number of carbonyl (C=O) groups excluding carboxylic acids is 3. The molecule has 3 fully saturated rings. The highest BCUT2D eigenvalue weighted by molar-refractivity contribution is 6.04. The Hall–Kier alpha value is -3.97. The number of anilines is 4. The van der Waals surface area contributed by atoms with E-state index >= 15 is 0 Å². The predicted octanol–water partition coefficient (Wildman–Crippen LogP) is 4.52. The second-order valence-electron chi connectivity index (χ2n) is 14.7. The molecule has 0 bridgehead atoms. The average Bonchev–Trinajstić information content (AvgIpc) is 3.85. The van der Waals surface area contributed by atoms with Crippen LogP contribution in [0.4, 0.5) is 23.1 Å². The molecule has 13 heteroatoms. The van der Waals surface area contributed by atoms with Gasteiger partial charge in [0.15, 0.2) is 5.82 Å². The minimum Gasteiger partial charge on any atom is -0.495 e. The number of methoxy groups -OCH3 is 1. The standard InChI is InChI=1S/C37H54N8O5/c1-5-29-34(47)43(3)30-23-39-36(42-32(30)45(29)26-10-6-7-11-26)41-28-15-14-24(22-31(28)49-4)33(46)40-25-16-19-44(20-17-25)21-18-37(2,38)35(48)50-27-12-8-9-13-27/h14-15,22-23,25-27,29H,5-13,16-21,38H2,1-4H3,(H,40,46)(H,39,41,42). The summed E-state index contributed by atoms with van der Waals surface area (Å²) < 4.78 is 11.4. The molecule has 2 amide bonds. The summed E-state index contributed by atoms with van der Waals surface area (Å²) in [5, 5.41) is 6.48. The van der Waals surface area contributed by atoms with E-state index < -0.39 is 5.54 Å². The predicted molar refractivity (Wildman–Crippen MR) is 193 cm³/mol. The lowest BCUT2D eigenvalue weighted by Crippen LogP contribution is -2.55. The van der Waals surface area contributed by atoms with Gasteiger partial charge in [0, 0.05) is 44.3 Å². The molecule has 4 aliphatic rings. The van der Waals surface area contributed by atoms with Crippen LogP contribution >= 0.6 is 0 Å². The van der Waals surface area contributed by atoms with Crippen molar-refractivity contribution in [3.8, 4) is 5.75 Å². The topological polar surface area (TPSA) is 155 Å². The summed E-state index contributed by atoms with van der Waals surface area (Å²) in [4.78, 5) is 54.9. The minimum absolute atomic E-state index is 0.0121. The van der Waals surface area contributed by atoms with Crippen LogP contribution in [0.15, 0.2) is 24.4 Å². The number of carbonyl (C=O) groups is 3. The summed E-state index contributed by atoms with van der Waals surface area (Å²) in [5.41, 5.74) is 7.20. The van der Waals surface area contributed by atoms with Crippen LogP contribution in [-0.2, 0) is 14.3 Å². The maximum Gasteiger partial charge on any atom is 0.326 e. The van der Waals surface area contributed by atoms with Crippen molar-refractivity contribution >= 4 is 40.9 Å². The van der Waals surface area contributed by atoms with Gasteiger partial charge < -0.3 is 40.5 Å². The Morgan fingerprint density at radius 1 is 1.06 bits per heavy atom. The Labute approximate surface area is 295 Å². The Balaban J connectivity index is 1.04. The molecule has 2 unspecified atom stereocenters. The third-order valence-corrected chi connectivity index (χ3v) is 11.0. The van der Waals surface area contributed by atoms with E-state index in [1.165, 1.54) is 0 Å². The van der Waals surface area contributed by atoms with Gasteiger partial charge in [0.05, 0.1) is 19.0 Å². The van der Waals surface area contributed by atoms with Crippen LogP contribution < -0.4 is 30.9 Å². The third kappa shape index (κ3) is 7.83. The van der Waals surface area contributed by atoms with Crippen molar-refractivity contribution in [3.63, 3.8) is 0 Å². The number of ether oxygens (including phenoxy) is 2. The number of amides is 2. The average molecular weight is 691 g/mol. The molecule has 3 heterocycles. The molecule has 2 saturated carbocycles. The number of nitrogens with zero attached hydrogens (tertiary/aromatic N) is 5. The molecule has 272 valence electrons. The van der Waals surface area contributed by atoms with E-state index in [9.17, 15) is 14.4 Å². The van der Waals surface area contributed by atoms with Gasteiger partial charge in [-0.25, -0.2) is 4.98 Å². The van der Waals surface area contributed by atoms with Crippen molar-refractivity contribution in [1.29, 1.82) is 0 Å². The zero-order chi connectivity index (χ0) is 35.4. The zero-order valence-corrected chi connectivity index (χ0v) is 30.1. The van der Waals surface area contributed by atoms with Crippen LogP contribution in [0, 0.1) is 0 Å². The van der Waals surface area contributed by atoms with E-state index in [0.29, 0.717) is 48.0 Å². The smallest absolute Gasteiger partial charge is 0.326 e. The molecule has 2 aromatic rings. The second-order valence-corrected chi connectivity index (χ2v) is 14.7. The molecule has 1 aromatic heterocycles. The number of nitrogens with one attached hydrogen (secondary N) is 2. The van der Waals surface area contributed by atoms with Crippen LogP contribution in [-0.4, -0.2) is 96.2 Å². The molecule has 6 rings (SSSR count). The van der Waals surface area contributed by atoms with Crippen LogP contribution in [0.1, 0.15) is 101 Å². The summed E-state index contributed by atoms with van der Waals surface area (Å²) in [6.45, 7) is 6.14. The number of likely N-dealkylation sites (tertiary alicyclic amines) is 1. The van der Waals surface area contributed by atoms with Crippen molar-refractivity contribution < 1.29 is 23.9 Å². The molecule has 0 radical (unpaired) electrons. The first-order valence-electron chi connectivity index (χ1n) is 18.5. The molecule has 4 N–H and O–H groups in total. The van der Waals surface area contributed by atoms with Crippen LogP contribution in [0.25, 0.3) is 0 Å². The summed E-state index contributed by atoms with van der Waals surface area (Å²) in [7, 11) is 3.36. The maximum absolute atomic E-state index is 13.3. The van der Waals surface area contributed by atoms with E-state index in [1.54, 1.807) is 50.4 Å². The largest absolute Gasteiger partial charge is 0.495 e. The Kier molecular flexibility index (Phi) is 11.1. The lowest BCUT2D eigenvalue weighted by atomic mass is 9.97. The number of benzene rings is 1. The van der Waals surface area contributed by atoms with E-state index in [4.69, 9.17) is 20.2 Å². The molecule has 50 heavy (non-hydrogen) atoms. The molecule has 2 aliphatic carbocycles. The maximum atomic E-state index is 13.3. The number of rotatable bonds is 12. The number of likely N-dealkylation sites (N-methyl/N-ethyl adjacent to an activating group) is 1. The van der Waals surface area contributed by atoms with E-state index in [-0.39, 0.29) is 42.0 Å². The fourth-order valence-corrected chi connectivity index (χ4v) is 7.85. The van der Waals surface area contributed by atoms with Crippen molar-refractivity contribution in [2.45, 2.75) is 121 Å². The van der Waals surface area contributed by atoms with E-state index in [2.05, 4.69) is 25.4 Å². The normalized spacial score (nSPS) is 21.9. The number of nitrogens with two attached hydrogens (primary N) is 1. The van der Waals surface area contributed by atoms with Crippen molar-refractivity contribution in [2.75, 3.05) is 48.9 Å². The number of esters is 1. The fraction of sp³-hybridized carbons (Fsp3) is 0.649. The van der Waals surface area contributed by atoms with Gasteiger partial charge in [0.1, 0.15) is 29.1 Å². The fourth-order valence-electron chi connectivity index (χ4n) is 7.85. The zero-order valence-electron chi connectivity index (χ0n) is 30.1. The number of aromatic nitrogens is 2. The van der Waals surface area contributed by atoms with Gasteiger partial charge in [0.25, 0.3) is 5.91 Å². The van der Waals surface area contributed by atoms with E-state index in [1.807, 2.05) is 6.92 Å². The highest BCUT2D eigenvalue weighted by Gasteiger charge is 2.41. The van der Waals surface area contributed by atoms with Crippen LogP contribution in [0.5, 0.6) is 5.75 Å². The van der Waals surface area contributed by atoms with E-state index in [0.717, 1.165) is 83.1 Å². The summed E-state index contributed by atoms with van der Waals surface area (Å²) in [6, 6.07) is 5.36. The van der Waals surface area contributed by atoms with Crippen LogP contribution in [0.2, 0.25) is 0 Å².